The first-order valence-electron chi connectivity index (χ1n) is 6.87. The van der Waals surface area contributed by atoms with Crippen LogP contribution in [0.5, 0.6) is 0 Å². The Hall–Kier alpha value is -0.850. The fourth-order valence-electron chi connectivity index (χ4n) is 2.36. The highest BCUT2D eigenvalue weighted by Gasteiger charge is 2.34. The second kappa shape index (κ2) is 6.07. The van der Waals surface area contributed by atoms with Crippen LogP contribution in [0, 0.1) is 0 Å². The Morgan fingerprint density at radius 1 is 1.47 bits per heavy atom. The molecular weight excluding hydrogens is 264 g/mol. The van der Waals surface area contributed by atoms with Crippen LogP contribution in [0.4, 0.5) is 0 Å². The van der Waals surface area contributed by atoms with Gasteiger partial charge in [0.1, 0.15) is 5.76 Å². The SMILES string of the molecule is CCCNCc1ccc(S(=O)(=O)N2CCCC2C)o1. The fraction of sp³-hybridized carbons (Fsp3) is 0.692. The van der Waals surface area contributed by atoms with Crippen LogP contribution in [0.1, 0.15) is 38.9 Å². The fourth-order valence-corrected chi connectivity index (χ4v) is 3.99. The van der Waals surface area contributed by atoms with E-state index in [0.29, 0.717) is 18.8 Å². The summed E-state index contributed by atoms with van der Waals surface area (Å²) in [5, 5.41) is 3.26. The van der Waals surface area contributed by atoms with Gasteiger partial charge in [-0.15, -0.1) is 0 Å². The lowest BCUT2D eigenvalue weighted by Gasteiger charge is -2.18. The minimum atomic E-state index is -3.46. The number of nitrogens with one attached hydrogen (secondary N) is 1. The first-order chi connectivity index (χ1) is 9.05. The monoisotopic (exact) mass is 286 g/mol. The Morgan fingerprint density at radius 3 is 2.89 bits per heavy atom. The highest BCUT2D eigenvalue weighted by Crippen LogP contribution is 2.26. The molecule has 1 atom stereocenters. The van der Waals surface area contributed by atoms with Gasteiger partial charge in [0, 0.05) is 12.6 Å². The zero-order valence-corrected chi connectivity index (χ0v) is 12.4. The molecule has 2 heterocycles. The second-order valence-corrected chi connectivity index (χ2v) is 6.83. The molecular formula is C13H22N2O3S. The normalized spacial score (nSPS) is 21.1. The molecule has 0 aliphatic carbocycles. The Balaban J connectivity index is 2.08. The van der Waals surface area contributed by atoms with Gasteiger partial charge in [-0.3, -0.25) is 0 Å². The van der Waals surface area contributed by atoms with E-state index in [4.69, 9.17) is 4.42 Å². The van der Waals surface area contributed by atoms with Gasteiger partial charge in [0.05, 0.1) is 6.54 Å². The van der Waals surface area contributed by atoms with Crippen molar-refractivity contribution in [3.8, 4) is 0 Å². The van der Waals surface area contributed by atoms with Crippen molar-refractivity contribution in [3.63, 3.8) is 0 Å². The van der Waals surface area contributed by atoms with Gasteiger partial charge in [-0.25, -0.2) is 8.42 Å². The average Bonchev–Trinajstić information content (AvgIpc) is 2.98. The van der Waals surface area contributed by atoms with Gasteiger partial charge in [0.25, 0.3) is 10.0 Å². The van der Waals surface area contributed by atoms with Crippen molar-refractivity contribution >= 4 is 10.0 Å². The summed E-state index contributed by atoms with van der Waals surface area (Å²) in [6.07, 6.45) is 2.88. The molecule has 0 saturated carbocycles. The molecule has 1 aliphatic rings. The molecule has 108 valence electrons. The molecule has 0 radical (unpaired) electrons. The molecule has 1 saturated heterocycles. The molecule has 2 rings (SSSR count). The number of hydrogen-bond donors (Lipinski definition) is 1. The van der Waals surface area contributed by atoms with Gasteiger partial charge in [0.2, 0.25) is 5.09 Å². The Morgan fingerprint density at radius 2 is 2.26 bits per heavy atom. The zero-order valence-electron chi connectivity index (χ0n) is 11.6. The summed E-state index contributed by atoms with van der Waals surface area (Å²) >= 11 is 0. The van der Waals surface area contributed by atoms with Crippen LogP contribution >= 0.6 is 0 Å². The van der Waals surface area contributed by atoms with E-state index in [1.165, 1.54) is 4.31 Å². The summed E-state index contributed by atoms with van der Waals surface area (Å²) in [4.78, 5) is 0. The van der Waals surface area contributed by atoms with E-state index in [1.54, 1.807) is 12.1 Å². The first kappa shape index (κ1) is 14.6. The summed E-state index contributed by atoms with van der Waals surface area (Å²) in [5.41, 5.74) is 0. The molecule has 19 heavy (non-hydrogen) atoms. The summed E-state index contributed by atoms with van der Waals surface area (Å²) in [6.45, 7) is 6.08. The van der Waals surface area contributed by atoms with Crippen molar-refractivity contribution in [2.24, 2.45) is 0 Å². The minimum Gasteiger partial charge on any atom is -0.447 e. The minimum absolute atomic E-state index is 0.0644. The lowest BCUT2D eigenvalue weighted by molar-refractivity contribution is 0.360. The van der Waals surface area contributed by atoms with Crippen LogP contribution in [0.3, 0.4) is 0 Å². The lowest BCUT2D eigenvalue weighted by Crippen LogP contribution is -2.33. The molecule has 6 heteroatoms. The third-order valence-corrected chi connectivity index (χ3v) is 5.31. The van der Waals surface area contributed by atoms with Crippen LogP contribution in [0.25, 0.3) is 0 Å². The van der Waals surface area contributed by atoms with E-state index in [-0.39, 0.29) is 11.1 Å². The van der Waals surface area contributed by atoms with Gasteiger partial charge in [-0.05, 0) is 44.9 Å². The molecule has 0 spiro atoms. The molecule has 1 aromatic heterocycles. The summed E-state index contributed by atoms with van der Waals surface area (Å²) in [6, 6.07) is 3.36. The van der Waals surface area contributed by atoms with E-state index in [0.717, 1.165) is 25.8 Å². The Bertz CT molecular complexity index is 510. The van der Waals surface area contributed by atoms with E-state index >= 15 is 0 Å². The third kappa shape index (κ3) is 3.19. The lowest BCUT2D eigenvalue weighted by atomic mass is 10.3. The Kier molecular flexibility index (Phi) is 4.65. The molecule has 5 nitrogen and oxygen atoms in total. The maximum atomic E-state index is 12.4. The van der Waals surface area contributed by atoms with E-state index < -0.39 is 10.0 Å². The van der Waals surface area contributed by atoms with Crippen LogP contribution < -0.4 is 5.32 Å². The molecule has 0 amide bonds. The van der Waals surface area contributed by atoms with Gasteiger partial charge in [0.15, 0.2) is 0 Å². The number of hydrogen-bond acceptors (Lipinski definition) is 4. The average molecular weight is 286 g/mol. The molecule has 1 N–H and O–H groups in total. The van der Waals surface area contributed by atoms with Crippen molar-refractivity contribution in [2.75, 3.05) is 13.1 Å². The molecule has 1 fully saturated rings. The topological polar surface area (TPSA) is 62.6 Å². The molecule has 1 unspecified atom stereocenters. The highest BCUT2D eigenvalue weighted by atomic mass is 32.2. The van der Waals surface area contributed by atoms with Crippen LogP contribution in [-0.2, 0) is 16.6 Å². The standard InChI is InChI=1S/C13H22N2O3S/c1-3-8-14-10-12-6-7-13(18-12)19(16,17)15-9-4-5-11(15)2/h6-7,11,14H,3-5,8-10H2,1-2H3. The van der Waals surface area contributed by atoms with E-state index in [9.17, 15) is 8.42 Å². The van der Waals surface area contributed by atoms with Crippen LogP contribution in [0.2, 0.25) is 0 Å². The first-order valence-corrected chi connectivity index (χ1v) is 8.31. The van der Waals surface area contributed by atoms with Crippen molar-refractivity contribution in [1.82, 2.24) is 9.62 Å². The van der Waals surface area contributed by atoms with Crippen LogP contribution in [0.15, 0.2) is 21.6 Å². The van der Waals surface area contributed by atoms with E-state index in [1.807, 2.05) is 6.92 Å². The third-order valence-electron chi connectivity index (χ3n) is 3.42. The molecule has 1 aromatic rings. The van der Waals surface area contributed by atoms with Crippen molar-refractivity contribution in [1.29, 1.82) is 0 Å². The predicted molar refractivity (Wildman–Crippen MR) is 73.3 cm³/mol. The summed E-state index contributed by atoms with van der Waals surface area (Å²) < 4.78 is 31.8. The van der Waals surface area contributed by atoms with Crippen LogP contribution in [-0.4, -0.2) is 31.9 Å². The molecule has 0 bridgehead atoms. The van der Waals surface area contributed by atoms with E-state index in [2.05, 4.69) is 12.2 Å². The smallest absolute Gasteiger partial charge is 0.276 e. The summed E-state index contributed by atoms with van der Waals surface area (Å²) in [7, 11) is -3.46. The number of furan rings is 1. The quantitative estimate of drug-likeness (QED) is 0.812. The predicted octanol–water partition coefficient (Wildman–Crippen LogP) is 1.95. The summed E-state index contributed by atoms with van der Waals surface area (Å²) in [5.74, 6) is 0.666. The maximum absolute atomic E-state index is 12.4. The van der Waals surface area contributed by atoms with Crippen molar-refractivity contribution in [2.45, 2.75) is 50.8 Å². The maximum Gasteiger partial charge on any atom is 0.276 e. The second-order valence-electron chi connectivity index (χ2n) is 5.00. The largest absolute Gasteiger partial charge is 0.447 e. The zero-order chi connectivity index (χ0) is 13.9. The molecule has 0 aromatic carbocycles. The molecule has 1 aliphatic heterocycles. The number of sulfonamides is 1. The van der Waals surface area contributed by atoms with Crippen molar-refractivity contribution in [3.05, 3.63) is 17.9 Å². The van der Waals surface area contributed by atoms with Crippen molar-refractivity contribution < 1.29 is 12.8 Å². The van der Waals surface area contributed by atoms with Gasteiger partial charge >= 0.3 is 0 Å². The number of rotatable bonds is 6. The van der Waals surface area contributed by atoms with Gasteiger partial charge in [-0.2, -0.15) is 4.31 Å². The Labute approximate surface area is 115 Å². The van der Waals surface area contributed by atoms with Gasteiger partial charge in [-0.1, -0.05) is 6.92 Å². The van der Waals surface area contributed by atoms with Gasteiger partial charge < -0.3 is 9.73 Å². The highest BCUT2D eigenvalue weighted by molar-refractivity contribution is 7.89. The number of nitrogens with zero attached hydrogens (tertiary/aromatic N) is 1.